The monoisotopic (exact) mass is 345 g/mol. The number of para-hydroxylation sites is 1. The third-order valence-corrected chi connectivity index (χ3v) is 4.21. The lowest BCUT2D eigenvalue weighted by molar-refractivity contribution is 0.542. The molecule has 21 heavy (non-hydrogen) atoms. The summed E-state index contributed by atoms with van der Waals surface area (Å²) in [5.41, 5.74) is 2.58. The summed E-state index contributed by atoms with van der Waals surface area (Å²) in [7, 11) is 0. The van der Waals surface area contributed by atoms with Gasteiger partial charge in [-0.1, -0.05) is 39.0 Å². The summed E-state index contributed by atoms with van der Waals surface area (Å²) in [6, 6.07) is 11.0. The zero-order chi connectivity index (χ0) is 15.2. The summed E-state index contributed by atoms with van der Waals surface area (Å²) in [6.45, 7) is 8.66. The summed E-state index contributed by atoms with van der Waals surface area (Å²) in [5.74, 6) is 1.84. The van der Waals surface area contributed by atoms with Gasteiger partial charge in [0, 0.05) is 23.2 Å². The van der Waals surface area contributed by atoms with Gasteiger partial charge in [0.1, 0.15) is 16.2 Å². The summed E-state index contributed by atoms with van der Waals surface area (Å²) < 4.78 is 0.842. The van der Waals surface area contributed by atoms with E-state index in [4.69, 9.17) is 4.98 Å². The van der Waals surface area contributed by atoms with E-state index in [0.717, 1.165) is 22.7 Å². The molecule has 0 radical (unpaired) electrons. The smallest absolute Gasteiger partial charge is 0.138 e. The third kappa shape index (κ3) is 2.69. The van der Waals surface area contributed by atoms with Crippen molar-refractivity contribution < 1.29 is 0 Å². The van der Waals surface area contributed by atoms with Gasteiger partial charge in [-0.25, -0.2) is 9.97 Å². The van der Waals surface area contributed by atoms with E-state index in [1.807, 2.05) is 6.07 Å². The first kappa shape index (κ1) is 14.5. The second-order valence-corrected chi connectivity index (χ2v) is 7.49. The van der Waals surface area contributed by atoms with Gasteiger partial charge in [-0.05, 0) is 40.9 Å². The van der Waals surface area contributed by atoms with Crippen LogP contribution in [0.3, 0.4) is 0 Å². The lowest BCUT2D eigenvalue weighted by atomic mass is 9.96. The van der Waals surface area contributed by atoms with Crippen LogP contribution in [0.15, 0.2) is 34.9 Å². The van der Waals surface area contributed by atoms with E-state index in [-0.39, 0.29) is 5.41 Å². The predicted octanol–water partition coefficient (Wildman–Crippen LogP) is 4.62. The van der Waals surface area contributed by atoms with E-state index < -0.39 is 0 Å². The van der Waals surface area contributed by atoms with Crippen molar-refractivity contribution in [2.45, 2.75) is 45.6 Å². The van der Waals surface area contributed by atoms with Crippen molar-refractivity contribution in [3.63, 3.8) is 0 Å². The molecule has 3 nitrogen and oxygen atoms in total. The van der Waals surface area contributed by atoms with Gasteiger partial charge in [0.25, 0.3) is 0 Å². The van der Waals surface area contributed by atoms with Crippen LogP contribution in [0.25, 0.3) is 0 Å². The highest BCUT2D eigenvalue weighted by atomic mass is 79.9. The Labute approximate surface area is 134 Å². The minimum atomic E-state index is -0.0684. The van der Waals surface area contributed by atoms with Crippen molar-refractivity contribution in [1.29, 1.82) is 0 Å². The van der Waals surface area contributed by atoms with Crippen LogP contribution in [0.5, 0.6) is 0 Å². The number of fused-ring (bicyclic) bond motifs is 1. The Morgan fingerprint density at radius 1 is 1.19 bits per heavy atom. The van der Waals surface area contributed by atoms with Gasteiger partial charge >= 0.3 is 0 Å². The van der Waals surface area contributed by atoms with Gasteiger partial charge < -0.3 is 4.90 Å². The highest BCUT2D eigenvalue weighted by molar-refractivity contribution is 9.10. The lowest BCUT2D eigenvalue weighted by Crippen LogP contribution is -2.26. The van der Waals surface area contributed by atoms with E-state index in [1.165, 1.54) is 11.3 Å². The maximum absolute atomic E-state index is 4.82. The minimum Gasteiger partial charge on any atom is -0.323 e. The Morgan fingerprint density at radius 3 is 2.62 bits per heavy atom. The summed E-state index contributed by atoms with van der Waals surface area (Å²) in [6.07, 6.45) is 1.06. The van der Waals surface area contributed by atoms with E-state index in [2.05, 4.69) is 77.8 Å². The molecule has 1 aromatic carbocycles. The number of aromatic nitrogens is 2. The topological polar surface area (TPSA) is 29.0 Å². The number of anilines is 2. The molecule has 0 N–H and O–H groups in total. The van der Waals surface area contributed by atoms with Crippen molar-refractivity contribution in [2.24, 2.45) is 0 Å². The van der Waals surface area contributed by atoms with Crippen LogP contribution in [0.1, 0.15) is 39.1 Å². The van der Waals surface area contributed by atoms with Crippen molar-refractivity contribution in [3.8, 4) is 0 Å². The van der Waals surface area contributed by atoms with E-state index >= 15 is 0 Å². The SMILES string of the molecule is CC1Cc2ccccc2N1c1cc(Br)nc(C(C)(C)C)n1. The molecule has 1 atom stereocenters. The van der Waals surface area contributed by atoms with Crippen LogP contribution in [-0.2, 0) is 11.8 Å². The molecule has 4 heteroatoms. The van der Waals surface area contributed by atoms with E-state index in [1.54, 1.807) is 0 Å². The second-order valence-electron chi connectivity index (χ2n) is 6.67. The molecule has 0 aliphatic carbocycles. The molecule has 0 fully saturated rings. The van der Waals surface area contributed by atoms with Crippen molar-refractivity contribution in [3.05, 3.63) is 46.3 Å². The maximum atomic E-state index is 4.82. The number of rotatable bonds is 1. The van der Waals surface area contributed by atoms with Gasteiger partial charge in [0.05, 0.1) is 0 Å². The number of halogens is 1. The van der Waals surface area contributed by atoms with Gasteiger partial charge in [0.15, 0.2) is 0 Å². The zero-order valence-corrected chi connectivity index (χ0v) is 14.5. The van der Waals surface area contributed by atoms with Gasteiger partial charge in [-0.15, -0.1) is 0 Å². The Kier molecular flexibility index (Phi) is 3.52. The minimum absolute atomic E-state index is 0.0684. The molecular weight excluding hydrogens is 326 g/mol. The molecule has 2 aromatic rings. The average Bonchev–Trinajstić information content (AvgIpc) is 2.72. The first-order valence-corrected chi connectivity index (χ1v) is 8.08. The van der Waals surface area contributed by atoms with Crippen molar-refractivity contribution in [1.82, 2.24) is 9.97 Å². The fraction of sp³-hybridized carbons (Fsp3) is 0.412. The van der Waals surface area contributed by atoms with E-state index in [0.29, 0.717) is 6.04 Å². The lowest BCUT2D eigenvalue weighted by Gasteiger charge is -2.26. The number of nitrogens with zero attached hydrogens (tertiary/aromatic N) is 3. The Morgan fingerprint density at radius 2 is 1.90 bits per heavy atom. The highest BCUT2D eigenvalue weighted by Gasteiger charge is 2.29. The molecule has 0 spiro atoms. The molecule has 0 bridgehead atoms. The van der Waals surface area contributed by atoms with Crippen LogP contribution in [0.2, 0.25) is 0 Å². The van der Waals surface area contributed by atoms with Crippen LogP contribution in [0, 0.1) is 0 Å². The summed E-state index contributed by atoms with van der Waals surface area (Å²) in [4.78, 5) is 11.7. The molecule has 2 heterocycles. The molecule has 1 aromatic heterocycles. The first-order valence-electron chi connectivity index (χ1n) is 7.28. The van der Waals surface area contributed by atoms with Crippen LogP contribution in [0.4, 0.5) is 11.5 Å². The second kappa shape index (κ2) is 5.09. The van der Waals surface area contributed by atoms with Gasteiger partial charge in [-0.3, -0.25) is 0 Å². The standard InChI is InChI=1S/C17H20BrN3/c1-11-9-12-7-5-6-8-13(12)21(11)15-10-14(18)19-16(20-15)17(2,3)4/h5-8,10-11H,9H2,1-4H3. The summed E-state index contributed by atoms with van der Waals surface area (Å²) >= 11 is 3.53. The normalized spacial score (nSPS) is 18.0. The van der Waals surface area contributed by atoms with Crippen molar-refractivity contribution in [2.75, 3.05) is 4.90 Å². The Balaban J connectivity index is 2.11. The fourth-order valence-corrected chi connectivity index (χ4v) is 3.15. The number of hydrogen-bond donors (Lipinski definition) is 0. The van der Waals surface area contributed by atoms with E-state index in [9.17, 15) is 0 Å². The maximum Gasteiger partial charge on any atom is 0.138 e. The Hall–Kier alpha value is -1.42. The average molecular weight is 346 g/mol. The molecule has 3 rings (SSSR count). The molecule has 0 saturated carbocycles. The molecule has 0 saturated heterocycles. The third-order valence-electron chi connectivity index (χ3n) is 3.81. The number of hydrogen-bond acceptors (Lipinski definition) is 3. The first-order chi connectivity index (χ1) is 9.86. The van der Waals surface area contributed by atoms with Crippen LogP contribution < -0.4 is 4.90 Å². The zero-order valence-electron chi connectivity index (χ0n) is 12.9. The van der Waals surface area contributed by atoms with Crippen LogP contribution in [-0.4, -0.2) is 16.0 Å². The molecule has 0 amide bonds. The molecule has 1 aliphatic rings. The highest BCUT2D eigenvalue weighted by Crippen LogP contribution is 2.38. The largest absolute Gasteiger partial charge is 0.323 e. The molecule has 110 valence electrons. The van der Waals surface area contributed by atoms with Gasteiger partial charge in [0.2, 0.25) is 0 Å². The van der Waals surface area contributed by atoms with Crippen LogP contribution >= 0.6 is 15.9 Å². The fourth-order valence-electron chi connectivity index (χ4n) is 2.78. The Bertz CT molecular complexity index is 676. The predicted molar refractivity (Wildman–Crippen MR) is 90.2 cm³/mol. The quantitative estimate of drug-likeness (QED) is 0.706. The van der Waals surface area contributed by atoms with Crippen molar-refractivity contribution >= 4 is 27.4 Å². The molecule has 1 aliphatic heterocycles. The molecule has 1 unspecified atom stereocenters. The summed E-state index contributed by atoms with van der Waals surface area (Å²) in [5, 5.41) is 0. The number of benzene rings is 1. The van der Waals surface area contributed by atoms with Gasteiger partial charge in [-0.2, -0.15) is 0 Å². The molecular formula is C17H20BrN3.